The summed E-state index contributed by atoms with van der Waals surface area (Å²) < 4.78 is 0. The van der Waals surface area contributed by atoms with Crippen molar-refractivity contribution < 1.29 is 4.79 Å². The molecule has 2 amide bonds. The van der Waals surface area contributed by atoms with Gasteiger partial charge in [0, 0.05) is 23.0 Å². The quantitative estimate of drug-likeness (QED) is 0.565. The molecule has 0 saturated heterocycles. The van der Waals surface area contributed by atoms with Gasteiger partial charge in [-0.05, 0) is 70.0 Å². The van der Waals surface area contributed by atoms with Gasteiger partial charge in [-0.15, -0.1) is 0 Å². The number of urea groups is 1. The molecule has 0 bridgehead atoms. The van der Waals surface area contributed by atoms with Crippen molar-refractivity contribution in [1.29, 1.82) is 0 Å². The maximum atomic E-state index is 11.9. The van der Waals surface area contributed by atoms with Crippen LogP contribution in [0.5, 0.6) is 0 Å². The molecule has 2 N–H and O–H groups in total. The van der Waals surface area contributed by atoms with Gasteiger partial charge in [0.15, 0.2) is 0 Å². The predicted octanol–water partition coefficient (Wildman–Crippen LogP) is 5.25. The van der Waals surface area contributed by atoms with E-state index in [-0.39, 0.29) is 11.6 Å². The topological polar surface area (TPSA) is 56.7 Å². The van der Waals surface area contributed by atoms with Crippen LogP contribution in [-0.4, -0.2) is 23.8 Å². The first-order valence-electron chi connectivity index (χ1n) is 9.56. The molecule has 0 atom stereocenters. The number of hydrazone groups is 1. The van der Waals surface area contributed by atoms with E-state index in [1.807, 2.05) is 36.4 Å². The third-order valence-corrected chi connectivity index (χ3v) is 4.82. The molecule has 0 aromatic heterocycles. The van der Waals surface area contributed by atoms with E-state index in [0.717, 1.165) is 11.3 Å². The molecule has 0 unspecified atom stereocenters. The Morgan fingerprint density at radius 2 is 1.86 bits per heavy atom. The fraction of sp³-hybridized carbons (Fsp3) is 0.304. The van der Waals surface area contributed by atoms with Crippen LogP contribution in [-0.2, 0) is 0 Å². The van der Waals surface area contributed by atoms with Crippen LogP contribution < -0.4 is 15.6 Å². The molecule has 0 aliphatic carbocycles. The molecule has 0 spiro atoms. The summed E-state index contributed by atoms with van der Waals surface area (Å²) in [6.45, 7) is 11.0. The Bertz CT molecular complexity index is 913. The molecule has 0 fully saturated rings. The fourth-order valence-electron chi connectivity index (χ4n) is 3.94. The first-order valence-corrected chi connectivity index (χ1v) is 9.56. The maximum Gasteiger partial charge on any atom is 0.339 e. The zero-order chi connectivity index (χ0) is 20.3. The predicted molar refractivity (Wildman–Crippen MR) is 118 cm³/mol. The number of para-hydroxylation sites is 1. The van der Waals surface area contributed by atoms with E-state index in [9.17, 15) is 4.79 Å². The van der Waals surface area contributed by atoms with Crippen LogP contribution in [0, 0.1) is 0 Å². The average Bonchev–Trinajstić information content (AvgIpc) is 2.62. The monoisotopic (exact) mass is 376 g/mol. The Morgan fingerprint density at radius 3 is 2.54 bits per heavy atom. The summed E-state index contributed by atoms with van der Waals surface area (Å²) in [5.41, 5.74) is 7.82. The summed E-state index contributed by atoms with van der Waals surface area (Å²) in [4.78, 5) is 14.4. The van der Waals surface area contributed by atoms with Crippen molar-refractivity contribution in [2.75, 3.05) is 10.2 Å². The number of carbonyl (C=O) groups is 1. The highest BCUT2D eigenvalue weighted by Gasteiger charge is 2.32. The van der Waals surface area contributed by atoms with E-state index in [1.165, 1.54) is 16.8 Å². The standard InChI is InChI=1S/C23H28N4O/c1-16(2)27-21-12-11-18(13-20(21)17(3)14-23(27,4)5)15-24-26-22(28)25-19-9-7-6-8-10-19/h6-16H,1-5H3,(H2,25,26,28)/b24-15+. The molecule has 5 heteroatoms. The lowest BCUT2D eigenvalue weighted by atomic mass is 9.87. The molecule has 0 saturated carbocycles. The number of rotatable bonds is 4. The van der Waals surface area contributed by atoms with Crippen molar-refractivity contribution in [2.24, 2.45) is 5.10 Å². The van der Waals surface area contributed by atoms with Gasteiger partial charge >= 0.3 is 6.03 Å². The molecule has 2 aromatic carbocycles. The highest BCUT2D eigenvalue weighted by molar-refractivity contribution is 5.91. The molecule has 5 nitrogen and oxygen atoms in total. The Labute approximate surface area is 167 Å². The van der Waals surface area contributed by atoms with E-state index < -0.39 is 0 Å². The third kappa shape index (κ3) is 4.25. The zero-order valence-electron chi connectivity index (χ0n) is 17.2. The van der Waals surface area contributed by atoms with Gasteiger partial charge in [0.25, 0.3) is 0 Å². The molecule has 146 valence electrons. The third-order valence-electron chi connectivity index (χ3n) is 4.82. The largest absolute Gasteiger partial charge is 0.360 e. The normalized spacial score (nSPS) is 15.4. The lowest BCUT2D eigenvalue weighted by Crippen LogP contribution is -2.49. The van der Waals surface area contributed by atoms with Crippen LogP contribution in [0.15, 0.2) is 59.7 Å². The second-order valence-corrected chi connectivity index (χ2v) is 7.91. The summed E-state index contributed by atoms with van der Waals surface area (Å²) in [5.74, 6) is 0. The highest BCUT2D eigenvalue weighted by atomic mass is 16.2. The van der Waals surface area contributed by atoms with Crippen molar-refractivity contribution in [3.8, 4) is 0 Å². The molecule has 2 aromatic rings. The van der Waals surface area contributed by atoms with Gasteiger partial charge in [0.1, 0.15) is 0 Å². The first kappa shape index (κ1) is 19.7. The van der Waals surface area contributed by atoms with E-state index in [1.54, 1.807) is 6.21 Å². The van der Waals surface area contributed by atoms with Crippen LogP contribution in [0.2, 0.25) is 0 Å². The van der Waals surface area contributed by atoms with Crippen LogP contribution in [0.1, 0.15) is 45.7 Å². The summed E-state index contributed by atoms with van der Waals surface area (Å²) in [6.07, 6.45) is 3.97. The molecule has 1 aliphatic heterocycles. The summed E-state index contributed by atoms with van der Waals surface area (Å²) >= 11 is 0. The zero-order valence-corrected chi connectivity index (χ0v) is 17.2. The Kier molecular flexibility index (Phi) is 5.54. The molecular weight excluding hydrogens is 348 g/mol. The molecule has 1 aliphatic rings. The number of anilines is 2. The van der Waals surface area contributed by atoms with Gasteiger partial charge in [0.2, 0.25) is 0 Å². The Balaban J connectivity index is 1.74. The number of nitrogens with one attached hydrogen (secondary N) is 2. The van der Waals surface area contributed by atoms with Crippen LogP contribution >= 0.6 is 0 Å². The summed E-state index contributed by atoms with van der Waals surface area (Å²) in [6, 6.07) is 15.6. The number of nitrogens with zero attached hydrogens (tertiary/aromatic N) is 2. The summed E-state index contributed by atoms with van der Waals surface area (Å²) in [7, 11) is 0. The SMILES string of the molecule is CC1=CC(C)(C)N(C(C)C)c2ccc(/C=N/NC(=O)Nc3ccccc3)cc21. The highest BCUT2D eigenvalue weighted by Crippen LogP contribution is 2.40. The van der Waals surface area contributed by atoms with Crippen molar-refractivity contribution in [3.63, 3.8) is 0 Å². The Hall–Kier alpha value is -3.08. The van der Waals surface area contributed by atoms with Crippen LogP contribution in [0.25, 0.3) is 5.57 Å². The molecule has 28 heavy (non-hydrogen) atoms. The van der Waals surface area contributed by atoms with Crippen molar-refractivity contribution >= 4 is 29.2 Å². The lowest BCUT2D eigenvalue weighted by molar-refractivity contribution is 0.252. The number of allylic oxidation sites excluding steroid dienone is 1. The van der Waals surface area contributed by atoms with Gasteiger partial charge < -0.3 is 10.2 Å². The van der Waals surface area contributed by atoms with E-state index >= 15 is 0 Å². The van der Waals surface area contributed by atoms with E-state index in [0.29, 0.717) is 6.04 Å². The van der Waals surface area contributed by atoms with E-state index in [2.05, 4.69) is 73.6 Å². The van der Waals surface area contributed by atoms with Crippen molar-refractivity contribution in [2.45, 2.75) is 46.2 Å². The smallest absolute Gasteiger partial charge is 0.339 e. The van der Waals surface area contributed by atoms with Gasteiger partial charge in [-0.1, -0.05) is 30.3 Å². The fourth-order valence-corrected chi connectivity index (χ4v) is 3.94. The summed E-state index contributed by atoms with van der Waals surface area (Å²) in [5, 5.41) is 6.81. The van der Waals surface area contributed by atoms with Gasteiger partial charge in [-0.2, -0.15) is 5.10 Å². The minimum absolute atomic E-state index is 0.0298. The number of amides is 2. The minimum atomic E-state index is -0.371. The van der Waals surface area contributed by atoms with Gasteiger partial charge in [-0.3, -0.25) is 0 Å². The minimum Gasteiger partial charge on any atom is -0.360 e. The number of hydrogen-bond acceptors (Lipinski definition) is 3. The number of benzene rings is 2. The number of fused-ring (bicyclic) bond motifs is 1. The number of carbonyl (C=O) groups excluding carboxylic acids is 1. The Morgan fingerprint density at radius 1 is 1.14 bits per heavy atom. The van der Waals surface area contributed by atoms with Gasteiger partial charge in [0.05, 0.1) is 11.8 Å². The second kappa shape index (κ2) is 7.89. The van der Waals surface area contributed by atoms with Crippen LogP contribution in [0.3, 0.4) is 0 Å². The average molecular weight is 377 g/mol. The van der Waals surface area contributed by atoms with Gasteiger partial charge in [-0.25, -0.2) is 10.2 Å². The lowest BCUT2D eigenvalue weighted by Gasteiger charge is -2.46. The second-order valence-electron chi connectivity index (χ2n) is 7.91. The van der Waals surface area contributed by atoms with Crippen molar-refractivity contribution in [1.82, 2.24) is 5.43 Å². The molecular formula is C23H28N4O. The first-order chi connectivity index (χ1) is 13.3. The molecule has 3 rings (SSSR count). The molecule has 1 heterocycles. The van der Waals surface area contributed by atoms with Crippen molar-refractivity contribution in [3.05, 3.63) is 65.7 Å². The molecule has 0 radical (unpaired) electrons. The maximum absolute atomic E-state index is 11.9. The van der Waals surface area contributed by atoms with E-state index in [4.69, 9.17) is 0 Å². The number of hydrogen-bond donors (Lipinski definition) is 2. The van der Waals surface area contributed by atoms with Crippen LogP contribution in [0.4, 0.5) is 16.2 Å².